The van der Waals surface area contributed by atoms with Crippen LogP contribution in [0.15, 0.2) is 36.9 Å². The molecule has 1 N–H and O–H groups in total. The van der Waals surface area contributed by atoms with Crippen molar-refractivity contribution in [2.45, 2.75) is 6.92 Å². The molecule has 0 aliphatic rings. The standard InChI is InChI=1S/C18H19N5O4/c1-11-19-5-6-23(11)16-9-15(20-10-21-16)22-18(24)12-7-13(25-2)17(27-4)14(8-12)26-3/h5-10H,1-4H3,(H,20,21,22,24). The Hall–Kier alpha value is -3.62. The molecule has 9 heteroatoms. The van der Waals surface area contributed by atoms with Gasteiger partial charge in [0.15, 0.2) is 11.5 Å². The van der Waals surface area contributed by atoms with Gasteiger partial charge in [-0.2, -0.15) is 0 Å². The minimum Gasteiger partial charge on any atom is -0.493 e. The van der Waals surface area contributed by atoms with E-state index in [0.29, 0.717) is 34.4 Å². The molecule has 140 valence electrons. The number of hydrogen-bond acceptors (Lipinski definition) is 7. The van der Waals surface area contributed by atoms with E-state index in [2.05, 4.69) is 20.3 Å². The van der Waals surface area contributed by atoms with Gasteiger partial charge >= 0.3 is 0 Å². The van der Waals surface area contributed by atoms with Crippen molar-refractivity contribution in [3.05, 3.63) is 48.3 Å². The van der Waals surface area contributed by atoms with Gasteiger partial charge < -0.3 is 19.5 Å². The summed E-state index contributed by atoms with van der Waals surface area (Å²) in [5.74, 6) is 2.54. The molecule has 3 aromatic rings. The first-order valence-electron chi connectivity index (χ1n) is 8.01. The number of aryl methyl sites for hydroxylation is 1. The Kier molecular flexibility index (Phi) is 5.20. The number of benzene rings is 1. The van der Waals surface area contributed by atoms with Crippen LogP contribution in [0.2, 0.25) is 0 Å². The molecule has 0 aliphatic heterocycles. The molecule has 0 atom stereocenters. The third-order valence-electron chi connectivity index (χ3n) is 3.89. The van der Waals surface area contributed by atoms with Gasteiger partial charge in [-0.25, -0.2) is 15.0 Å². The third kappa shape index (κ3) is 3.66. The fraction of sp³-hybridized carbons (Fsp3) is 0.222. The molecule has 0 spiro atoms. The lowest BCUT2D eigenvalue weighted by Crippen LogP contribution is -2.14. The van der Waals surface area contributed by atoms with E-state index in [4.69, 9.17) is 14.2 Å². The zero-order valence-electron chi connectivity index (χ0n) is 15.4. The summed E-state index contributed by atoms with van der Waals surface area (Å²) in [6, 6.07) is 4.79. The molecule has 2 heterocycles. The number of carbonyl (C=O) groups is 1. The monoisotopic (exact) mass is 369 g/mol. The normalized spacial score (nSPS) is 10.4. The first kappa shape index (κ1) is 18.2. The smallest absolute Gasteiger partial charge is 0.257 e. The second-order valence-electron chi connectivity index (χ2n) is 5.47. The summed E-state index contributed by atoms with van der Waals surface area (Å²) in [5.41, 5.74) is 0.337. The van der Waals surface area contributed by atoms with Crippen LogP contribution in [0.4, 0.5) is 5.82 Å². The summed E-state index contributed by atoms with van der Waals surface area (Å²) in [7, 11) is 4.48. The van der Waals surface area contributed by atoms with Crippen LogP contribution in [0.25, 0.3) is 5.82 Å². The molecule has 27 heavy (non-hydrogen) atoms. The zero-order chi connectivity index (χ0) is 19.4. The molecule has 1 amide bonds. The summed E-state index contributed by atoms with van der Waals surface area (Å²) < 4.78 is 17.6. The van der Waals surface area contributed by atoms with Crippen molar-refractivity contribution >= 4 is 11.7 Å². The number of carbonyl (C=O) groups excluding carboxylic acids is 1. The number of aromatic nitrogens is 4. The van der Waals surface area contributed by atoms with Crippen LogP contribution in [0.3, 0.4) is 0 Å². The molecule has 9 nitrogen and oxygen atoms in total. The van der Waals surface area contributed by atoms with Crippen molar-refractivity contribution in [3.63, 3.8) is 0 Å². The van der Waals surface area contributed by atoms with Crippen LogP contribution in [-0.4, -0.2) is 46.8 Å². The van der Waals surface area contributed by atoms with E-state index in [-0.39, 0.29) is 5.91 Å². The number of nitrogens with zero attached hydrogens (tertiary/aromatic N) is 4. The molecule has 3 rings (SSSR count). The molecule has 0 unspecified atom stereocenters. The molecule has 0 aliphatic carbocycles. The van der Waals surface area contributed by atoms with Gasteiger partial charge in [-0.3, -0.25) is 9.36 Å². The predicted molar refractivity (Wildman–Crippen MR) is 97.9 cm³/mol. The number of methoxy groups -OCH3 is 3. The number of nitrogens with one attached hydrogen (secondary N) is 1. The summed E-state index contributed by atoms with van der Waals surface area (Å²) in [5, 5.41) is 2.74. The maximum atomic E-state index is 12.7. The van der Waals surface area contributed by atoms with Crippen molar-refractivity contribution in [3.8, 4) is 23.1 Å². The van der Waals surface area contributed by atoms with Crippen molar-refractivity contribution in [2.24, 2.45) is 0 Å². The highest BCUT2D eigenvalue weighted by Gasteiger charge is 2.17. The molecule has 2 aromatic heterocycles. The lowest BCUT2D eigenvalue weighted by Gasteiger charge is -2.14. The van der Waals surface area contributed by atoms with Crippen LogP contribution >= 0.6 is 0 Å². The van der Waals surface area contributed by atoms with Crippen molar-refractivity contribution < 1.29 is 19.0 Å². The van der Waals surface area contributed by atoms with Crippen LogP contribution < -0.4 is 19.5 Å². The Morgan fingerprint density at radius 3 is 2.26 bits per heavy atom. The quantitative estimate of drug-likeness (QED) is 0.711. The maximum absolute atomic E-state index is 12.7. The van der Waals surface area contributed by atoms with Gasteiger partial charge in [0, 0.05) is 24.0 Å². The predicted octanol–water partition coefficient (Wildman–Crippen LogP) is 2.25. The third-order valence-corrected chi connectivity index (χ3v) is 3.89. The molecule has 1 aromatic carbocycles. The number of anilines is 1. The second-order valence-corrected chi connectivity index (χ2v) is 5.47. The van der Waals surface area contributed by atoms with Crippen molar-refractivity contribution in [2.75, 3.05) is 26.6 Å². The summed E-state index contributed by atoms with van der Waals surface area (Å²) in [4.78, 5) is 25.1. The topological polar surface area (TPSA) is 100 Å². The fourth-order valence-electron chi connectivity index (χ4n) is 2.57. The van der Waals surface area contributed by atoms with E-state index < -0.39 is 0 Å². The Balaban J connectivity index is 1.89. The molecule has 0 saturated carbocycles. The van der Waals surface area contributed by atoms with Crippen LogP contribution in [0, 0.1) is 6.92 Å². The molecular formula is C18H19N5O4. The number of hydrogen-bond donors (Lipinski definition) is 1. The van der Waals surface area contributed by atoms with E-state index in [1.165, 1.54) is 27.7 Å². The maximum Gasteiger partial charge on any atom is 0.257 e. The van der Waals surface area contributed by atoms with Gasteiger partial charge in [0.1, 0.15) is 23.8 Å². The van der Waals surface area contributed by atoms with Crippen molar-refractivity contribution in [1.82, 2.24) is 19.5 Å². The summed E-state index contributed by atoms with van der Waals surface area (Å²) in [6.07, 6.45) is 4.83. The van der Waals surface area contributed by atoms with E-state index >= 15 is 0 Å². The molecular weight excluding hydrogens is 350 g/mol. The van der Waals surface area contributed by atoms with Crippen molar-refractivity contribution in [1.29, 1.82) is 0 Å². The molecule has 0 fully saturated rings. The Bertz CT molecular complexity index is 945. The van der Waals surface area contributed by atoms with Gasteiger partial charge in [0.2, 0.25) is 5.75 Å². The van der Waals surface area contributed by atoms with E-state index in [0.717, 1.165) is 5.82 Å². The van der Waals surface area contributed by atoms with E-state index in [9.17, 15) is 4.79 Å². The van der Waals surface area contributed by atoms with E-state index in [1.807, 2.05) is 6.92 Å². The SMILES string of the molecule is COc1cc(C(=O)Nc2cc(-n3ccnc3C)ncn2)cc(OC)c1OC. The zero-order valence-corrected chi connectivity index (χ0v) is 15.4. The highest BCUT2D eigenvalue weighted by molar-refractivity contribution is 6.04. The average molecular weight is 369 g/mol. The highest BCUT2D eigenvalue weighted by Crippen LogP contribution is 2.38. The highest BCUT2D eigenvalue weighted by atomic mass is 16.5. The second kappa shape index (κ2) is 7.73. The van der Waals surface area contributed by atoms with Crippen LogP contribution in [-0.2, 0) is 0 Å². The molecule has 0 radical (unpaired) electrons. The fourth-order valence-corrected chi connectivity index (χ4v) is 2.57. The van der Waals surface area contributed by atoms with Gasteiger partial charge in [-0.1, -0.05) is 0 Å². The van der Waals surface area contributed by atoms with Gasteiger partial charge in [0.05, 0.1) is 21.3 Å². The minimum atomic E-state index is -0.374. The van der Waals surface area contributed by atoms with Crippen LogP contribution in [0.5, 0.6) is 17.2 Å². The molecule has 0 bridgehead atoms. The first-order chi connectivity index (χ1) is 13.1. The number of rotatable bonds is 6. The first-order valence-corrected chi connectivity index (χ1v) is 8.01. The summed E-state index contributed by atoms with van der Waals surface area (Å²) in [6.45, 7) is 1.86. The number of amides is 1. The van der Waals surface area contributed by atoms with Gasteiger partial charge in [-0.15, -0.1) is 0 Å². The van der Waals surface area contributed by atoms with Crippen LogP contribution in [0.1, 0.15) is 16.2 Å². The Morgan fingerprint density at radius 2 is 1.70 bits per heavy atom. The largest absolute Gasteiger partial charge is 0.493 e. The van der Waals surface area contributed by atoms with E-state index in [1.54, 1.807) is 35.2 Å². The average Bonchev–Trinajstić information content (AvgIpc) is 3.12. The molecule has 0 saturated heterocycles. The summed E-state index contributed by atoms with van der Waals surface area (Å²) >= 11 is 0. The Labute approximate surface area is 156 Å². The van der Waals surface area contributed by atoms with Gasteiger partial charge in [-0.05, 0) is 19.1 Å². The van der Waals surface area contributed by atoms with Gasteiger partial charge in [0.25, 0.3) is 5.91 Å². The number of ether oxygens (including phenoxy) is 3. The Morgan fingerprint density at radius 1 is 1.00 bits per heavy atom. The minimum absolute atomic E-state index is 0.337. The lowest BCUT2D eigenvalue weighted by atomic mass is 10.1. The lowest BCUT2D eigenvalue weighted by molar-refractivity contribution is 0.102. The number of imidazole rings is 1.